The Morgan fingerprint density at radius 2 is 1.77 bits per heavy atom. The largest absolute Gasteiger partial charge is 0.354 e. The number of sulfonamides is 1. The summed E-state index contributed by atoms with van der Waals surface area (Å²) in [5, 5.41) is 2.82. The van der Waals surface area contributed by atoms with Crippen LogP contribution in [-0.4, -0.2) is 66.9 Å². The molecule has 0 bridgehead atoms. The van der Waals surface area contributed by atoms with Gasteiger partial charge >= 0.3 is 0 Å². The molecule has 1 atom stereocenters. The molecule has 9 heteroatoms. The Bertz CT molecular complexity index is 967. The summed E-state index contributed by atoms with van der Waals surface area (Å²) in [5.41, 5.74) is 1.27. The second-order valence-corrected chi connectivity index (χ2v) is 9.17. The third-order valence-corrected chi connectivity index (χ3v) is 6.35. The van der Waals surface area contributed by atoms with Crippen molar-refractivity contribution in [3.05, 3.63) is 66.0 Å². The molecule has 1 saturated heterocycles. The Balaban J connectivity index is 1.85. The smallest absolute Gasteiger partial charge is 0.254 e. The van der Waals surface area contributed by atoms with Gasteiger partial charge in [-0.1, -0.05) is 30.3 Å². The molecule has 1 aliphatic heterocycles. The van der Waals surface area contributed by atoms with Crippen molar-refractivity contribution in [2.75, 3.05) is 32.4 Å². The first-order chi connectivity index (χ1) is 14.4. The molecule has 0 spiro atoms. The number of rotatable bonds is 3. The fourth-order valence-electron chi connectivity index (χ4n) is 3.60. The monoisotopic (exact) mass is 430 g/mol. The van der Waals surface area contributed by atoms with E-state index in [4.69, 9.17) is 0 Å². The number of amides is 2. The number of aromatic nitrogens is 1. The SMILES string of the molecule is CS(=O)(=O)N1CCCN(C(=O)c2ccncc2)CCNC(=O)CC1c1ccccc1. The van der Waals surface area contributed by atoms with E-state index in [1.54, 1.807) is 29.4 Å². The molecule has 2 heterocycles. The fourth-order valence-corrected chi connectivity index (χ4v) is 4.72. The van der Waals surface area contributed by atoms with Crippen LogP contribution in [0.5, 0.6) is 0 Å². The van der Waals surface area contributed by atoms with Gasteiger partial charge in [0.15, 0.2) is 0 Å². The van der Waals surface area contributed by atoms with Crippen molar-refractivity contribution in [3.8, 4) is 0 Å². The number of pyridine rings is 1. The van der Waals surface area contributed by atoms with Gasteiger partial charge in [-0.25, -0.2) is 8.42 Å². The Morgan fingerprint density at radius 1 is 1.07 bits per heavy atom. The Hall–Kier alpha value is -2.78. The van der Waals surface area contributed by atoms with E-state index in [1.807, 2.05) is 30.3 Å². The summed E-state index contributed by atoms with van der Waals surface area (Å²) in [5.74, 6) is -0.424. The van der Waals surface area contributed by atoms with Crippen molar-refractivity contribution < 1.29 is 18.0 Å². The van der Waals surface area contributed by atoms with Crippen molar-refractivity contribution in [2.45, 2.75) is 18.9 Å². The third kappa shape index (κ3) is 5.64. The Morgan fingerprint density at radius 3 is 2.43 bits per heavy atom. The zero-order valence-corrected chi connectivity index (χ0v) is 17.7. The first-order valence-corrected chi connectivity index (χ1v) is 11.7. The predicted molar refractivity (Wildman–Crippen MR) is 113 cm³/mol. The number of nitrogens with one attached hydrogen (secondary N) is 1. The van der Waals surface area contributed by atoms with Crippen molar-refractivity contribution in [1.29, 1.82) is 0 Å². The van der Waals surface area contributed by atoms with E-state index < -0.39 is 16.1 Å². The Labute approximate surface area is 177 Å². The second kappa shape index (κ2) is 9.82. The number of nitrogens with zero attached hydrogens (tertiary/aromatic N) is 3. The Kier molecular flexibility index (Phi) is 7.17. The average molecular weight is 431 g/mol. The second-order valence-electron chi connectivity index (χ2n) is 7.24. The number of carbonyl (C=O) groups is 2. The summed E-state index contributed by atoms with van der Waals surface area (Å²) in [6, 6.07) is 11.8. The van der Waals surface area contributed by atoms with Crippen LogP contribution in [0.4, 0.5) is 0 Å². The highest BCUT2D eigenvalue weighted by atomic mass is 32.2. The van der Waals surface area contributed by atoms with Crippen molar-refractivity contribution in [3.63, 3.8) is 0 Å². The van der Waals surface area contributed by atoms with E-state index in [1.165, 1.54) is 4.31 Å². The molecule has 1 aromatic carbocycles. The summed E-state index contributed by atoms with van der Waals surface area (Å²) < 4.78 is 26.5. The van der Waals surface area contributed by atoms with E-state index in [2.05, 4.69) is 10.3 Å². The summed E-state index contributed by atoms with van der Waals surface area (Å²) in [6.07, 6.45) is 4.74. The van der Waals surface area contributed by atoms with Crippen LogP contribution in [0.25, 0.3) is 0 Å². The molecule has 2 amide bonds. The van der Waals surface area contributed by atoms with Gasteiger partial charge in [0.25, 0.3) is 5.91 Å². The van der Waals surface area contributed by atoms with E-state index in [0.717, 1.165) is 11.8 Å². The molecular formula is C21H26N4O4S. The maximum atomic E-state index is 12.8. The van der Waals surface area contributed by atoms with Crippen LogP contribution in [-0.2, 0) is 14.8 Å². The lowest BCUT2D eigenvalue weighted by Gasteiger charge is -2.30. The minimum absolute atomic E-state index is 0.0232. The molecule has 1 fully saturated rings. The van der Waals surface area contributed by atoms with Crippen LogP contribution >= 0.6 is 0 Å². The maximum Gasteiger partial charge on any atom is 0.254 e. The van der Waals surface area contributed by atoms with Gasteiger partial charge in [-0.2, -0.15) is 4.31 Å². The highest BCUT2D eigenvalue weighted by molar-refractivity contribution is 7.88. The van der Waals surface area contributed by atoms with E-state index in [9.17, 15) is 18.0 Å². The van der Waals surface area contributed by atoms with Gasteiger partial charge in [0.2, 0.25) is 15.9 Å². The normalized spacial score (nSPS) is 19.6. The highest BCUT2D eigenvalue weighted by Gasteiger charge is 2.30. The van der Waals surface area contributed by atoms with Gasteiger partial charge in [-0.05, 0) is 24.1 Å². The quantitative estimate of drug-likeness (QED) is 0.794. The van der Waals surface area contributed by atoms with E-state index >= 15 is 0 Å². The molecule has 0 saturated carbocycles. The summed E-state index contributed by atoms with van der Waals surface area (Å²) in [4.78, 5) is 31.0. The van der Waals surface area contributed by atoms with Gasteiger partial charge < -0.3 is 10.2 Å². The minimum Gasteiger partial charge on any atom is -0.354 e. The van der Waals surface area contributed by atoms with Crippen LogP contribution in [0, 0.1) is 0 Å². The molecule has 0 radical (unpaired) electrons. The molecule has 160 valence electrons. The third-order valence-electron chi connectivity index (χ3n) is 5.06. The summed E-state index contributed by atoms with van der Waals surface area (Å²) in [6.45, 7) is 1.24. The van der Waals surface area contributed by atoms with E-state index in [-0.39, 0.29) is 24.8 Å². The van der Waals surface area contributed by atoms with E-state index in [0.29, 0.717) is 31.6 Å². The lowest BCUT2D eigenvalue weighted by atomic mass is 10.0. The van der Waals surface area contributed by atoms with Crippen molar-refractivity contribution in [2.24, 2.45) is 0 Å². The van der Waals surface area contributed by atoms with Crippen molar-refractivity contribution >= 4 is 21.8 Å². The molecule has 1 aliphatic rings. The molecule has 1 aromatic heterocycles. The first kappa shape index (κ1) is 21.9. The molecule has 2 aromatic rings. The van der Waals surface area contributed by atoms with Crippen LogP contribution < -0.4 is 5.32 Å². The highest BCUT2D eigenvalue weighted by Crippen LogP contribution is 2.27. The average Bonchev–Trinajstić information content (AvgIpc) is 2.77. The maximum absolute atomic E-state index is 12.8. The number of hydrogen-bond acceptors (Lipinski definition) is 5. The van der Waals surface area contributed by atoms with Gasteiger partial charge in [0.1, 0.15) is 0 Å². The van der Waals surface area contributed by atoms with Crippen LogP contribution in [0.15, 0.2) is 54.9 Å². The predicted octanol–water partition coefficient (Wildman–Crippen LogP) is 1.44. The molecule has 30 heavy (non-hydrogen) atoms. The van der Waals surface area contributed by atoms with Gasteiger partial charge in [0.05, 0.1) is 12.3 Å². The summed E-state index contributed by atoms with van der Waals surface area (Å²) in [7, 11) is -3.57. The lowest BCUT2D eigenvalue weighted by molar-refractivity contribution is -0.122. The first-order valence-electron chi connectivity index (χ1n) is 9.84. The molecule has 8 nitrogen and oxygen atoms in total. The molecule has 1 N–H and O–H groups in total. The van der Waals surface area contributed by atoms with Crippen LogP contribution in [0.3, 0.4) is 0 Å². The molecule has 1 unspecified atom stereocenters. The van der Waals surface area contributed by atoms with Gasteiger partial charge in [-0.15, -0.1) is 0 Å². The standard InChI is InChI=1S/C21H26N4O4S/c1-30(28,29)25-14-5-13-24(21(27)18-8-10-22-11-9-18)15-12-23-20(26)16-19(25)17-6-3-2-4-7-17/h2-4,6-11,19H,5,12-16H2,1H3,(H,23,26). The molecule has 0 aliphatic carbocycles. The topological polar surface area (TPSA) is 99.7 Å². The van der Waals surface area contributed by atoms with Gasteiger partial charge in [0, 0.05) is 50.6 Å². The number of benzene rings is 1. The molecular weight excluding hydrogens is 404 g/mol. The minimum atomic E-state index is -3.57. The van der Waals surface area contributed by atoms with Crippen LogP contribution in [0.2, 0.25) is 0 Å². The number of carbonyl (C=O) groups excluding carboxylic acids is 2. The van der Waals surface area contributed by atoms with Crippen molar-refractivity contribution in [1.82, 2.24) is 19.5 Å². The zero-order chi connectivity index (χ0) is 21.6. The van der Waals surface area contributed by atoms with Crippen LogP contribution in [0.1, 0.15) is 34.8 Å². The zero-order valence-electron chi connectivity index (χ0n) is 16.9. The van der Waals surface area contributed by atoms with Gasteiger partial charge in [-0.3, -0.25) is 14.6 Å². The number of hydrogen-bond donors (Lipinski definition) is 1. The fraction of sp³-hybridized carbons (Fsp3) is 0.381. The summed E-state index contributed by atoms with van der Waals surface area (Å²) >= 11 is 0. The molecule has 3 rings (SSSR count). The lowest BCUT2D eigenvalue weighted by Crippen LogP contribution is -2.39.